The molecule has 2 atom stereocenters. The highest BCUT2D eigenvalue weighted by atomic mass is 16.6. The summed E-state index contributed by atoms with van der Waals surface area (Å²) in [7, 11) is 3.18. The summed E-state index contributed by atoms with van der Waals surface area (Å²) < 4.78 is 11.8. The third-order valence-electron chi connectivity index (χ3n) is 5.94. The highest BCUT2D eigenvalue weighted by molar-refractivity contribution is 6.10. The van der Waals surface area contributed by atoms with Crippen molar-refractivity contribution in [3.8, 4) is 17.6 Å². The van der Waals surface area contributed by atoms with Crippen LogP contribution < -0.4 is 15.3 Å². The molecule has 13 nitrogen and oxygen atoms in total. The third kappa shape index (κ3) is 6.54. The van der Waals surface area contributed by atoms with Crippen LogP contribution in [0.2, 0.25) is 0 Å². The molecule has 0 radical (unpaired) electrons. The number of nitro groups is 1. The molecule has 1 amide bonds. The Morgan fingerprint density at radius 3 is 2.55 bits per heavy atom. The summed E-state index contributed by atoms with van der Waals surface area (Å²) in [4.78, 5) is 42.0. The monoisotopic (exact) mass is 550 g/mol. The molecule has 1 heterocycles. The lowest BCUT2D eigenvalue weighted by Gasteiger charge is -2.32. The highest BCUT2D eigenvalue weighted by Gasteiger charge is 2.45. The van der Waals surface area contributed by atoms with Crippen molar-refractivity contribution in [2.24, 2.45) is 22.7 Å². The van der Waals surface area contributed by atoms with Gasteiger partial charge in [0, 0.05) is 19.7 Å². The normalized spacial score (nSPS) is 15.7. The van der Waals surface area contributed by atoms with Crippen molar-refractivity contribution < 1.29 is 29.1 Å². The van der Waals surface area contributed by atoms with Crippen molar-refractivity contribution in [2.45, 2.75) is 33.5 Å². The van der Waals surface area contributed by atoms with Crippen molar-refractivity contribution in [1.29, 1.82) is 5.26 Å². The molecule has 0 aromatic heterocycles. The SMILES string of the molecule is Cc1ccc(C#N)cc1OC1=C([N+](=O)[O-])C(C(CC(C)C)C(=O)O)=NC(Oc2cccc(C(=O)N(C)C)c2)N1N. The maximum atomic E-state index is 12.4. The summed E-state index contributed by atoms with van der Waals surface area (Å²) in [5.41, 5.74) is -0.0565. The van der Waals surface area contributed by atoms with Gasteiger partial charge in [0.05, 0.1) is 16.6 Å². The van der Waals surface area contributed by atoms with E-state index < -0.39 is 34.7 Å². The number of nitrogens with two attached hydrogens (primary N) is 1. The lowest BCUT2D eigenvalue weighted by Crippen LogP contribution is -2.50. The van der Waals surface area contributed by atoms with Gasteiger partial charge in [-0.3, -0.25) is 19.7 Å². The van der Waals surface area contributed by atoms with E-state index in [9.17, 15) is 30.1 Å². The fourth-order valence-electron chi connectivity index (χ4n) is 3.95. The molecule has 1 aliphatic heterocycles. The number of allylic oxidation sites excluding steroid dienone is 1. The number of carbonyl (C=O) groups is 2. The first-order valence-electron chi connectivity index (χ1n) is 12.2. The van der Waals surface area contributed by atoms with Crippen LogP contribution in [0.3, 0.4) is 0 Å². The molecule has 2 aromatic rings. The maximum Gasteiger partial charge on any atom is 0.352 e. The molecule has 0 saturated heterocycles. The van der Waals surface area contributed by atoms with E-state index in [0.29, 0.717) is 11.1 Å². The van der Waals surface area contributed by atoms with E-state index in [2.05, 4.69) is 4.99 Å². The number of hydrogen-bond acceptors (Lipinski definition) is 10. The molecule has 3 rings (SSSR count). The standard InChI is InChI=1S/C27H30N6O7/c1-15(2)11-20(26(35)36)22-23(33(37)38)25(40-21-12-17(14-28)10-9-16(21)3)32(29)27(30-22)39-19-8-6-7-18(13-19)24(34)31(4)5/h6-10,12-13,15,20,27H,11,29H2,1-5H3,(H,35,36). The number of hydrazine groups is 1. The fourth-order valence-corrected chi connectivity index (χ4v) is 3.95. The van der Waals surface area contributed by atoms with E-state index in [1.54, 1.807) is 59.1 Å². The quantitative estimate of drug-likeness (QED) is 0.253. The van der Waals surface area contributed by atoms with Crippen molar-refractivity contribution in [3.63, 3.8) is 0 Å². The molecule has 13 heteroatoms. The third-order valence-corrected chi connectivity index (χ3v) is 5.94. The number of carbonyl (C=O) groups excluding carboxylic acids is 1. The number of carboxylic acid groups (broad SMARTS) is 1. The summed E-state index contributed by atoms with van der Waals surface area (Å²) in [5, 5.41) is 32.5. The molecule has 40 heavy (non-hydrogen) atoms. The Morgan fingerprint density at radius 1 is 1.27 bits per heavy atom. The van der Waals surface area contributed by atoms with Gasteiger partial charge in [-0.1, -0.05) is 26.0 Å². The van der Waals surface area contributed by atoms with Gasteiger partial charge in [-0.2, -0.15) is 5.26 Å². The second-order valence-corrected chi connectivity index (χ2v) is 9.72. The smallest absolute Gasteiger partial charge is 0.352 e. The molecule has 0 aliphatic carbocycles. The highest BCUT2D eigenvalue weighted by Crippen LogP contribution is 2.32. The van der Waals surface area contributed by atoms with Gasteiger partial charge in [-0.05, 0) is 55.2 Å². The van der Waals surface area contributed by atoms with Crippen molar-refractivity contribution >= 4 is 17.6 Å². The zero-order chi connectivity index (χ0) is 29.7. The van der Waals surface area contributed by atoms with Gasteiger partial charge in [0.1, 0.15) is 23.1 Å². The summed E-state index contributed by atoms with van der Waals surface area (Å²) in [6.45, 7) is 5.22. The lowest BCUT2D eigenvalue weighted by molar-refractivity contribution is -0.420. The van der Waals surface area contributed by atoms with Gasteiger partial charge >= 0.3 is 11.7 Å². The molecule has 210 valence electrons. The zero-order valence-corrected chi connectivity index (χ0v) is 22.7. The van der Waals surface area contributed by atoms with Crippen LogP contribution in [0.5, 0.6) is 11.5 Å². The van der Waals surface area contributed by atoms with Crippen LogP contribution >= 0.6 is 0 Å². The van der Waals surface area contributed by atoms with Gasteiger partial charge in [0.15, 0.2) is 0 Å². The van der Waals surface area contributed by atoms with Crippen molar-refractivity contribution in [1.82, 2.24) is 9.91 Å². The second kappa shape index (κ2) is 12.3. The van der Waals surface area contributed by atoms with Gasteiger partial charge in [-0.25, -0.2) is 15.8 Å². The summed E-state index contributed by atoms with van der Waals surface area (Å²) >= 11 is 0. The van der Waals surface area contributed by atoms with E-state index >= 15 is 0 Å². The molecule has 0 fully saturated rings. The second-order valence-electron chi connectivity index (χ2n) is 9.72. The number of amides is 1. The van der Waals surface area contributed by atoms with Crippen LogP contribution in [0.4, 0.5) is 0 Å². The topological polar surface area (TPSA) is 185 Å². The first-order chi connectivity index (χ1) is 18.8. The molecular weight excluding hydrogens is 520 g/mol. The average molecular weight is 551 g/mol. The average Bonchev–Trinajstić information content (AvgIpc) is 2.89. The molecule has 0 bridgehead atoms. The Bertz CT molecular complexity index is 1430. The Kier molecular flexibility index (Phi) is 9.08. The van der Waals surface area contributed by atoms with E-state index in [-0.39, 0.29) is 41.0 Å². The van der Waals surface area contributed by atoms with Crippen LogP contribution in [0.15, 0.2) is 59.0 Å². The van der Waals surface area contributed by atoms with Gasteiger partial charge < -0.3 is 19.5 Å². The van der Waals surface area contributed by atoms with Gasteiger partial charge in [-0.15, -0.1) is 0 Å². The molecule has 0 spiro atoms. The number of nitriles is 1. The first-order valence-corrected chi connectivity index (χ1v) is 12.2. The van der Waals surface area contributed by atoms with E-state index in [1.165, 1.54) is 23.1 Å². The minimum Gasteiger partial charge on any atom is -0.481 e. The zero-order valence-electron chi connectivity index (χ0n) is 22.7. The Morgan fingerprint density at radius 2 is 1.98 bits per heavy atom. The molecule has 1 aliphatic rings. The number of aliphatic imine (C=N–C) groups is 1. The number of hydrogen-bond donors (Lipinski definition) is 2. The number of nitrogens with zero attached hydrogens (tertiary/aromatic N) is 5. The van der Waals surface area contributed by atoms with Crippen molar-refractivity contribution in [3.05, 3.63) is 80.8 Å². The van der Waals surface area contributed by atoms with Gasteiger partial charge in [0.2, 0.25) is 0 Å². The van der Waals surface area contributed by atoms with Crippen LogP contribution in [-0.2, 0) is 4.79 Å². The van der Waals surface area contributed by atoms with E-state index in [4.69, 9.17) is 15.3 Å². The minimum atomic E-state index is -1.49. The Labute approximate surface area is 230 Å². The Hall–Kier alpha value is -4.96. The summed E-state index contributed by atoms with van der Waals surface area (Å²) in [6, 6.07) is 12.6. The molecule has 0 saturated carbocycles. The predicted octanol–water partition coefficient (Wildman–Crippen LogP) is 3.13. The number of aryl methyl sites for hydroxylation is 1. The van der Waals surface area contributed by atoms with E-state index in [0.717, 1.165) is 5.01 Å². The largest absolute Gasteiger partial charge is 0.481 e. The van der Waals surface area contributed by atoms with Crippen LogP contribution in [-0.4, -0.2) is 58.0 Å². The number of aliphatic carboxylic acids is 1. The fraction of sp³-hybridized carbons (Fsp3) is 0.333. The maximum absolute atomic E-state index is 12.4. The Balaban J connectivity index is 2.18. The van der Waals surface area contributed by atoms with Crippen LogP contribution in [0.25, 0.3) is 0 Å². The number of benzene rings is 2. The van der Waals surface area contributed by atoms with Crippen molar-refractivity contribution in [2.75, 3.05) is 14.1 Å². The number of carboxylic acids is 1. The van der Waals surface area contributed by atoms with E-state index in [1.807, 2.05) is 6.07 Å². The van der Waals surface area contributed by atoms with Gasteiger partial charge in [0.25, 0.3) is 18.1 Å². The minimum absolute atomic E-state index is 0.0336. The predicted molar refractivity (Wildman–Crippen MR) is 143 cm³/mol. The number of rotatable bonds is 10. The first kappa shape index (κ1) is 29.6. The molecule has 3 N–H and O–H groups in total. The lowest BCUT2D eigenvalue weighted by atomic mass is 9.90. The summed E-state index contributed by atoms with van der Waals surface area (Å²) in [6.07, 6.45) is -1.46. The molecular formula is C27H30N6O7. The van der Waals surface area contributed by atoms with Crippen LogP contribution in [0, 0.1) is 40.2 Å². The number of ether oxygens (including phenoxy) is 2. The molecule has 2 unspecified atom stereocenters. The van der Waals surface area contributed by atoms with Crippen LogP contribution in [0.1, 0.15) is 41.8 Å². The summed E-state index contributed by atoms with van der Waals surface area (Å²) in [5.74, 6) is 2.86. The molecule has 2 aromatic carbocycles.